The van der Waals surface area contributed by atoms with Gasteiger partial charge in [-0.15, -0.1) is 0 Å². The lowest BCUT2D eigenvalue weighted by Gasteiger charge is -2.02. The van der Waals surface area contributed by atoms with Gasteiger partial charge in [-0.1, -0.05) is 0 Å². The minimum absolute atomic E-state index is 0.170. The number of hydrogen-bond donors (Lipinski definition) is 0. The summed E-state index contributed by atoms with van der Waals surface area (Å²) in [6.45, 7) is 0. The zero-order chi connectivity index (χ0) is 10.8. The summed E-state index contributed by atoms with van der Waals surface area (Å²) in [5, 5.41) is 0. The second-order valence-electron chi connectivity index (χ2n) is 2.70. The lowest BCUT2D eigenvalue weighted by molar-refractivity contribution is 0.0596. The molecule has 0 saturated heterocycles. The van der Waals surface area contributed by atoms with Crippen molar-refractivity contribution in [1.29, 1.82) is 0 Å². The molecule has 2 aromatic heterocycles. The topological polar surface area (TPSA) is 65.0 Å². The molecule has 2 rings (SSSR count). The van der Waals surface area contributed by atoms with E-state index in [1.807, 2.05) is 0 Å². The van der Waals surface area contributed by atoms with Crippen molar-refractivity contribution in [3.8, 4) is 0 Å². The average molecular weight is 268 g/mol. The number of carbonyl (C=O) groups is 1. The first-order valence-corrected chi connectivity index (χ1v) is 4.87. The SMILES string of the molecule is COC(=O)c1ncc(Br)c2nccnc12. The third kappa shape index (κ3) is 1.68. The van der Waals surface area contributed by atoms with Crippen LogP contribution in [0.5, 0.6) is 0 Å². The van der Waals surface area contributed by atoms with Gasteiger partial charge < -0.3 is 4.74 Å². The zero-order valence-electron chi connectivity index (χ0n) is 7.77. The van der Waals surface area contributed by atoms with E-state index in [0.29, 0.717) is 15.5 Å². The molecule has 15 heavy (non-hydrogen) atoms. The molecule has 2 aromatic rings. The van der Waals surface area contributed by atoms with Crippen LogP contribution in [0.1, 0.15) is 10.5 Å². The number of hydrogen-bond acceptors (Lipinski definition) is 5. The normalized spacial score (nSPS) is 10.3. The lowest BCUT2D eigenvalue weighted by atomic mass is 10.3. The molecule has 0 aliphatic carbocycles. The van der Waals surface area contributed by atoms with E-state index in [9.17, 15) is 4.79 Å². The monoisotopic (exact) mass is 267 g/mol. The van der Waals surface area contributed by atoms with Gasteiger partial charge in [-0.3, -0.25) is 9.97 Å². The van der Waals surface area contributed by atoms with Crippen LogP contribution in [0.15, 0.2) is 23.1 Å². The van der Waals surface area contributed by atoms with E-state index >= 15 is 0 Å². The van der Waals surface area contributed by atoms with Gasteiger partial charge in [0.15, 0.2) is 5.69 Å². The quantitative estimate of drug-likeness (QED) is 0.734. The number of ether oxygens (including phenoxy) is 1. The number of aromatic nitrogens is 3. The Kier molecular flexibility index (Phi) is 2.59. The number of rotatable bonds is 1. The maximum atomic E-state index is 11.4. The van der Waals surface area contributed by atoms with Gasteiger partial charge >= 0.3 is 5.97 Å². The average Bonchev–Trinajstić information content (AvgIpc) is 2.29. The summed E-state index contributed by atoms with van der Waals surface area (Å²) in [5.74, 6) is -0.520. The van der Waals surface area contributed by atoms with Crippen LogP contribution < -0.4 is 0 Å². The second-order valence-corrected chi connectivity index (χ2v) is 3.55. The fourth-order valence-electron chi connectivity index (χ4n) is 1.18. The Morgan fingerprint density at radius 3 is 2.60 bits per heavy atom. The number of esters is 1. The van der Waals surface area contributed by atoms with E-state index in [-0.39, 0.29) is 5.69 Å². The lowest BCUT2D eigenvalue weighted by Crippen LogP contribution is -2.06. The standard InChI is InChI=1S/C9H6BrN3O2/c1-15-9(14)8-7-6(5(10)4-13-8)11-2-3-12-7/h2-4H,1H3. The smallest absolute Gasteiger partial charge is 0.359 e. The maximum absolute atomic E-state index is 11.4. The first-order chi connectivity index (χ1) is 7.24. The number of fused-ring (bicyclic) bond motifs is 1. The first kappa shape index (κ1) is 9.97. The van der Waals surface area contributed by atoms with Crippen LogP contribution >= 0.6 is 15.9 Å². The molecule has 76 valence electrons. The summed E-state index contributed by atoms with van der Waals surface area (Å²) in [6.07, 6.45) is 4.56. The molecule has 0 spiro atoms. The van der Waals surface area contributed by atoms with E-state index in [4.69, 9.17) is 0 Å². The van der Waals surface area contributed by atoms with Crippen LogP contribution in [0.4, 0.5) is 0 Å². The van der Waals surface area contributed by atoms with Gasteiger partial charge in [-0.05, 0) is 15.9 Å². The van der Waals surface area contributed by atoms with Crippen LogP contribution in [0.3, 0.4) is 0 Å². The molecule has 5 nitrogen and oxygen atoms in total. The van der Waals surface area contributed by atoms with E-state index in [2.05, 4.69) is 35.6 Å². The van der Waals surface area contributed by atoms with Crippen molar-refractivity contribution >= 4 is 32.9 Å². The highest BCUT2D eigenvalue weighted by Gasteiger charge is 2.15. The highest BCUT2D eigenvalue weighted by molar-refractivity contribution is 9.10. The van der Waals surface area contributed by atoms with Gasteiger partial charge in [0.1, 0.15) is 11.0 Å². The van der Waals surface area contributed by atoms with Crippen molar-refractivity contribution in [2.45, 2.75) is 0 Å². The minimum Gasteiger partial charge on any atom is -0.464 e. The number of nitrogens with zero attached hydrogens (tertiary/aromatic N) is 3. The van der Waals surface area contributed by atoms with Gasteiger partial charge in [0, 0.05) is 18.6 Å². The molecule has 0 radical (unpaired) electrons. The molecular formula is C9H6BrN3O2. The van der Waals surface area contributed by atoms with Gasteiger partial charge in [0.2, 0.25) is 0 Å². The van der Waals surface area contributed by atoms with Crippen molar-refractivity contribution in [3.63, 3.8) is 0 Å². The summed E-state index contributed by atoms with van der Waals surface area (Å²) in [4.78, 5) is 23.5. The van der Waals surface area contributed by atoms with Crippen molar-refractivity contribution < 1.29 is 9.53 Å². The van der Waals surface area contributed by atoms with E-state index in [1.165, 1.54) is 19.5 Å². The highest BCUT2D eigenvalue weighted by Crippen LogP contribution is 2.21. The zero-order valence-corrected chi connectivity index (χ0v) is 9.35. The predicted molar refractivity (Wildman–Crippen MR) is 56.4 cm³/mol. The molecule has 0 aliphatic heterocycles. The van der Waals surface area contributed by atoms with Gasteiger partial charge in [0.05, 0.1) is 11.6 Å². The summed E-state index contributed by atoms with van der Waals surface area (Å²) in [6, 6.07) is 0. The van der Waals surface area contributed by atoms with E-state index < -0.39 is 5.97 Å². The van der Waals surface area contributed by atoms with Gasteiger partial charge in [-0.2, -0.15) is 0 Å². The number of carbonyl (C=O) groups excluding carboxylic acids is 1. The second kappa shape index (κ2) is 3.90. The van der Waals surface area contributed by atoms with Gasteiger partial charge in [0.25, 0.3) is 0 Å². The Morgan fingerprint density at radius 1 is 1.27 bits per heavy atom. The highest BCUT2D eigenvalue weighted by atomic mass is 79.9. The number of methoxy groups -OCH3 is 1. The van der Waals surface area contributed by atoms with Crippen molar-refractivity contribution in [3.05, 3.63) is 28.8 Å². The van der Waals surface area contributed by atoms with E-state index in [1.54, 1.807) is 6.20 Å². The van der Waals surface area contributed by atoms with Crippen LogP contribution in [0.25, 0.3) is 11.0 Å². The van der Waals surface area contributed by atoms with Crippen LogP contribution in [0, 0.1) is 0 Å². The van der Waals surface area contributed by atoms with Crippen LogP contribution in [0.2, 0.25) is 0 Å². The fraction of sp³-hybridized carbons (Fsp3) is 0.111. The molecule has 0 aliphatic rings. The number of pyridine rings is 1. The molecule has 6 heteroatoms. The van der Waals surface area contributed by atoms with Crippen molar-refractivity contribution in [2.24, 2.45) is 0 Å². The van der Waals surface area contributed by atoms with Crippen molar-refractivity contribution in [1.82, 2.24) is 15.0 Å². The Hall–Kier alpha value is -1.56. The van der Waals surface area contributed by atoms with Crippen LogP contribution in [-0.4, -0.2) is 28.0 Å². The Bertz CT molecular complexity index is 530. The number of halogens is 1. The molecule has 0 N–H and O–H groups in total. The maximum Gasteiger partial charge on any atom is 0.359 e. The summed E-state index contributed by atoms with van der Waals surface area (Å²) in [5.41, 5.74) is 1.19. The van der Waals surface area contributed by atoms with E-state index in [0.717, 1.165) is 0 Å². The Labute approximate surface area is 93.6 Å². The Balaban J connectivity index is 2.77. The molecule has 0 bridgehead atoms. The molecule has 2 heterocycles. The third-order valence-electron chi connectivity index (χ3n) is 1.83. The summed E-state index contributed by atoms with van der Waals surface area (Å²) in [7, 11) is 1.30. The molecule has 0 unspecified atom stereocenters. The molecule has 0 amide bonds. The molecule has 0 saturated carbocycles. The fourth-order valence-corrected chi connectivity index (χ4v) is 1.57. The minimum atomic E-state index is -0.520. The summed E-state index contributed by atoms with van der Waals surface area (Å²) < 4.78 is 5.29. The first-order valence-electron chi connectivity index (χ1n) is 4.07. The van der Waals surface area contributed by atoms with Gasteiger partial charge in [-0.25, -0.2) is 9.78 Å². The third-order valence-corrected chi connectivity index (χ3v) is 2.41. The summed E-state index contributed by atoms with van der Waals surface area (Å²) >= 11 is 3.28. The molecule has 0 aromatic carbocycles. The largest absolute Gasteiger partial charge is 0.464 e. The molecule has 0 fully saturated rings. The molecule has 0 atom stereocenters. The Morgan fingerprint density at radius 2 is 1.93 bits per heavy atom. The van der Waals surface area contributed by atoms with Crippen molar-refractivity contribution in [2.75, 3.05) is 7.11 Å². The molecular weight excluding hydrogens is 262 g/mol. The predicted octanol–water partition coefficient (Wildman–Crippen LogP) is 1.57. The van der Waals surface area contributed by atoms with Crippen LogP contribution in [-0.2, 0) is 4.74 Å².